The third kappa shape index (κ3) is 3.41. The summed E-state index contributed by atoms with van der Waals surface area (Å²) in [6.45, 7) is 2.79. The summed E-state index contributed by atoms with van der Waals surface area (Å²) in [7, 11) is 0. The van der Waals surface area contributed by atoms with Crippen molar-refractivity contribution in [1.29, 1.82) is 0 Å². The molecule has 0 spiro atoms. The summed E-state index contributed by atoms with van der Waals surface area (Å²) in [5, 5.41) is 9.26. The maximum Gasteiger partial charge on any atom is 0.311 e. The fourth-order valence-electron chi connectivity index (χ4n) is 2.42. The van der Waals surface area contributed by atoms with Crippen LogP contribution in [0.1, 0.15) is 23.8 Å². The van der Waals surface area contributed by atoms with Crippen molar-refractivity contribution in [3.05, 3.63) is 28.5 Å². The molecule has 0 aliphatic carbocycles. The molecule has 2 atom stereocenters. The highest BCUT2D eigenvalue weighted by Crippen LogP contribution is 2.24. The van der Waals surface area contributed by atoms with E-state index < -0.39 is 17.9 Å². The van der Waals surface area contributed by atoms with Gasteiger partial charge < -0.3 is 14.7 Å². The molecule has 6 nitrogen and oxygen atoms in total. The number of halogens is 1. The second-order valence-electron chi connectivity index (χ2n) is 4.88. The van der Waals surface area contributed by atoms with Gasteiger partial charge in [0.2, 0.25) is 0 Å². The number of hydrogen-bond acceptors (Lipinski definition) is 4. The van der Waals surface area contributed by atoms with Crippen molar-refractivity contribution in [2.75, 3.05) is 19.8 Å². The second-order valence-corrected chi connectivity index (χ2v) is 5.74. The molecule has 1 aromatic rings. The number of rotatable bonds is 5. The fourth-order valence-corrected chi connectivity index (χ4v) is 2.85. The molecule has 0 aromatic carbocycles. The van der Waals surface area contributed by atoms with Crippen molar-refractivity contribution >= 4 is 27.8 Å². The van der Waals surface area contributed by atoms with E-state index in [1.165, 1.54) is 0 Å². The van der Waals surface area contributed by atoms with Gasteiger partial charge >= 0.3 is 5.97 Å². The number of pyridine rings is 1. The third-order valence-corrected chi connectivity index (χ3v) is 4.09. The van der Waals surface area contributed by atoms with E-state index in [2.05, 4.69) is 20.9 Å². The van der Waals surface area contributed by atoms with Crippen LogP contribution in [0.15, 0.2) is 22.8 Å². The van der Waals surface area contributed by atoms with Gasteiger partial charge in [0.05, 0.1) is 19.3 Å². The lowest BCUT2D eigenvalue weighted by molar-refractivity contribution is -0.142. The molecule has 2 heterocycles. The number of nitrogens with zero attached hydrogens (tertiary/aromatic N) is 2. The molecule has 1 N–H and O–H groups in total. The molecule has 0 bridgehead atoms. The number of ether oxygens (including phenoxy) is 1. The zero-order valence-electron chi connectivity index (χ0n) is 11.7. The molecule has 0 radical (unpaired) electrons. The van der Waals surface area contributed by atoms with Gasteiger partial charge in [-0.3, -0.25) is 9.59 Å². The number of carbonyl (C=O) groups is 2. The van der Waals surface area contributed by atoms with Crippen LogP contribution in [0, 0.1) is 5.92 Å². The Hall–Kier alpha value is -1.47. The maximum atomic E-state index is 12.7. The van der Waals surface area contributed by atoms with Crippen molar-refractivity contribution in [2.24, 2.45) is 5.92 Å². The van der Waals surface area contributed by atoms with Gasteiger partial charge in [-0.25, -0.2) is 4.98 Å². The minimum absolute atomic E-state index is 0.136. The van der Waals surface area contributed by atoms with E-state index in [-0.39, 0.29) is 19.1 Å². The molecule has 0 saturated carbocycles. The first-order valence-electron chi connectivity index (χ1n) is 6.78. The second kappa shape index (κ2) is 7.00. The molecule has 2 rings (SSSR count). The van der Waals surface area contributed by atoms with E-state index in [9.17, 15) is 14.7 Å². The number of carboxylic acid groups (broad SMARTS) is 1. The minimum atomic E-state index is -0.938. The predicted molar refractivity (Wildman–Crippen MR) is 79.0 cm³/mol. The Morgan fingerprint density at radius 2 is 2.29 bits per heavy atom. The summed E-state index contributed by atoms with van der Waals surface area (Å²) in [5.74, 6) is -1.90. The largest absolute Gasteiger partial charge is 0.481 e. The summed E-state index contributed by atoms with van der Waals surface area (Å²) < 4.78 is 5.87. The molecular formula is C14H17BrN2O4. The standard InChI is InChI=1S/C14H17BrN2O4/c1-2-6-17(11-8-21-7-9(11)14(19)20)13(18)12-10(15)4-3-5-16-12/h3-5,9,11H,2,6-8H2,1H3,(H,19,20). The number of aromatic nitrogens is 1. The quantitative estimate of drug-likeness (QED) is 0.869. The normalized spacial score (nSPS) is 21.2. The van der Waals surface area contributed by atoms with Crippen molar-refractivity contribution in [1.82, 2.24) is 9.88 Å². The van der Waals surface area contributed by atoms with Crippen molar-refractivity contribution in [3.63, 3.8) is 0 Å². The van der Waals surface area contributed by atoms with Gasteiger partial charge in [-0.2, -0.15) is 0 Å². The number of carboxylic acids is 1. The average Bonchev–Trinajstić information content (AvgIpc) is 2.94. The molecule has 1 aliphatic rings. The van der Waals surface area contributed by atoms with Crippen molar-refractivity contribution < 1.29 is 19.4 Å². The highest BCUT2D eigenvalue weighted by atomic mass is 79.9. The Morgan fingerprint density at radius 3 is 2.90 bits per heavy atom. The molecule has 2 unspecified atom stereocenters. The molecule has 114 valence electrons. The van der Waals surface area contributed by atoms with Gasteiger partial charge in [0.15, 0.2) is 0 Å². The fraction of sp³-hybridized carbons (Fsp3) is 0.500. The van der Waals surface area contributed by atoms with Gasteiger partial charge in [0.25, 0.3) is 5.91 Å². The van der Waals surface area contributed by atoms with Gasteiger partial charge in [-0.1, -0.05) is 6.92 Å². The van der Waals surface area contributed by atoms with Crippen LogP contribution in [0.3, 0.4) is 0 Å². The zero-order valence-corrected chi connectivity index (χ0v) is 13.2. The first-order chi connectivity index (χ1) is 10.1. The summed E-state index contributed by atoms with van der Waals surface area (Å²) in [5.41, 5.74) is 0.294. The van der Waals surface area contributed by atoms with E-state index in [1.54, 1.807) is 23.2 Å². The van der Waals surface area contributed by atoms with Gasteiger partial charge in [-0.05, 0) is 34.5 Å². The smallest absolute Gasteiger partial charge is 0.311 e. The van der Waals surface area contributed by atoms with Crippen LogP contribution in [0.4, 0.5) is 0 Å². The van der Waals surface area contributed by atoms with E-state index in [1.807, 2.05) is 6.92 Å². The van der Waals surface area contributed by atoms with Crippen LogP contribution in [0.25, 0.3) is 0 Å². The molecule has 1 aromatic heterocycles. The first kappa shape index (κ1) is 15.9. The zero-order chi connectivity index (χ0) is 15.4. The molecular weight excluding hydrogens is 340 g/mol. The lowest BCUT2D eigenvalue weighted by Gasteiger charge is -2.30. The molecule has 1 amide bonds. The number of carbonyl (C=O) groups excluding carboxylic acids is 1. The summed E-state index contributed by atoms with van der Waals surface area (Å²) in [6, 6.07) is 3.01. The highest BCUT2D eigenvalue weighted by molar-refractivity contribution is 9.10. The topological polar surface area (TPSA) is 79.7 Å². The SMILES string of the molecule is CCCN(C(=O)c1ncccc1Br)C1COCC1C(=O)O. The summed E-state index contributed by atoms with van der Waals surface area (Å²) >= 11 is 3.31. The molecule has 7 heteroatoms. The third-order valence-electron chi connectivity index (χ3n) is 3.45. The summed E-state index contributed by atoms with van der Waals surface area (Å²) in [6.07, 6.45) is 2.28. The number of amides is 1. The lowest BCUT2D eigenvalue weighted by atomic mass is 10.0. The van der Waals surface area contributed by atoms with E-state index in [0.29, 0.717) is 16.7 Å². The molecule has 1 fully saturated rings. The van der Waals surface area contributed by atoms with E-state index in [0.717, 1.165) is 6.42 Å². The number of hydrogen-bond donors (Lipinski definition) is 1. The highest BCUT2D eigenvalue weighted by Gasteiger charge is 2.40. The molecule has 1 saturated heterocycles. The van der Waals surface area contributed by atoms with Crippen LogP contribution in [0.2, 0.25) is 0 Å². The predicted octanol–water partition coefficient (Wildman–Crippen LogP) is 1.80. The number of aliphatic carboxylic acids is 1. The molecule has 21 heavy (non-hydrogen) atoms. The monoisotopic (exact) mass is 356 g/mol. The Bertz CT molecular complexity index is 537. The van der Waals surface area contributed by atoms with Crippen molar-refractivity contribution in [3.8, 4) is 0 Å². The Labute approximate surface area is 131 Å². The first-order valence-corrected chi connectivity index (χ1v) is 7.57. The Morgan fingerprint density at radius 1 is 1.52 bits per heavy atom. The average molecular weight is 357 g/mol. The van der Waals surface area contributed by atoms with E-state index >= 15 is 0 Å². The Kier molecular flexibility index (Phi) is 5.30. The van der Waals surface area contributed by atoms with Crippen LogP contribution in [-0.2, 0) is 9.53 Å². The van der Waals surface area contributed by atoms with E-state index in [4.69, 9.17) is 4.74 Å². The van der Waals surface area contributed by atoms with Gasteiger partial charge in [-0.15, -0.1) is 0 Å². The van der Waals surface area contributed by atoms with Crippen LogP contribution >= 0.6 is 15.9 Å². The minimum Gasteiger partial charge on any atom is -0.481 e. The van der Waals surface area contributed by atoms with Gasteiger partial charge in [0, 0.05) is 17.2 Å². The molecule has 1 aliphatic heterocycles. The van der Waals surface area contributed by atoms with Crippen LogP contribution in [-0.4, -0.2) is 52.7 Å². The van der Waals surface area contributed by atoms with Crippen molar-refractivity contribution in [2.45, 2.75) is 19.4 Å². The van der Waals surface area contributed by atoms with Crippen LogP contribution in [0.5, 0.6) is 0 Å². The van der Waals surface area contributed by atoms with Gasteiger partial charge in [0.1, 0.15) is 11.6 Å². The Balaban J connectivity index is 2.28. The summed E-state index contributed by atoms with van der Waals surface area (Å²) in [4.78, 5) is 29.7. The van der Waals surface area contributed by atoms with Crippen LogP contribution < -0.4 is 0 Å². The lowest BCUT2D eigenvalue weighted by Crippen LogP contribution is -2.47. The maximum absolute atomic E-state index is 12.7.